The maximum absolute atomic E-state index is 13.6. The number of hydrogen-bond acceptors (Lipinski definition) is 4. The van der Waals surface area contributed by atoms with Crippen LogP contribution >= 0.6 is 11.6 Å². The lowest BCUT2D eigenvalue weighted by atomic mass is 10.1. The van der Waals surface area contributed by atoms with Crippen LogP contribution in [0.2, 0.25) is 5.02 Å². The van der Waals surface area contributed by atoms with Crippen LogP contribution in [0.25, 0.3) is 11.3 Å². The van der Waals surface area contributed by atoms with Crippen LogP contribution in [0.5, 0.6) is 0 Å². The number of H-pyrrole nitrogens is 1. The molecule has 0 aliphatic heterocycles. The van der Waals surface area contributed by atoms with Crippen LogP contribution in [-0.4, -0.2) is 28.0 Å². The van der Waals surface area contributed by atoms with Gasteiger partial charge in [-0.1, -0.05) is 11.6 Å². The quantitative estimate of drug-likeness (QED) is 0.688. The first-order chi connectivity index (χ1) is 10.3. The van der Waals surface area contributed by atoms with Crippen molar-refractivity contribution in [1.29, 1.82) is 0 Å². The van der Waals surface area contributed by atoms with Crippen LogP contribution in [-0.2, 0) is 10.9 Å². The molecule has 0 saturated carbocycles. The molecule has 0 aliphatic carbocycles. The molecule has 0 amide bonds. The van der Waals surface area contributed by atoms with Gasteiger partial charge in [0.1, 0.15) is 11.5 Å². The zero-order chi connectivity index (χ0) is 16.5. The average molecular weight is 338 g/mol. The number of aromatic amines is 1. The summed E-state index contributed by atoms with van der Waals surface area (Å²) in [5, 5.41) is 8.11. The van der Waals surface area contributed by atoms with Crippen molar-refractivity contribution >= 4 is 17.6 Å². The normalized spacial score (nSPS) is 11.5. The monoisotopic (exact) mass is 337 g/mol. The SMILES string of the molecule is CCOC(=O)c1n[nH]nc1-c1cc(F)c(Cl)c(C(F)(F)F)c1. The number of nitrogens with one attached hydrogen (secondary N) is 1. The molecule has 0 radical (unpaired) electrons. The summed E-state index contributed by atoms with van der Waals surface area (Å²) in [5.74, 6) is -2.18. The van der Waals surface area contributed by atoms with Crippen LogP contribution < -0.4 is 0 Å². The van der Waals surface area contributed by atoms with E-state index in [-0.39, 0.29) is 23.6 Å². The minimum atomic E-state index is -4.86. The number of rotatable bonds is 3. The van der Waals surface area contributed by atoms with E-state index in [4.69, 9.17) is 16.3 Å². The summed E-state index contributed by atoms with van der Waals surface area (Å²) >= 11 is 5.33. The van der Waals surface area contributed by atoms with Gasteiger partial charge in [0.15, 0.2) is 5.69 Å². The van der Waals surface area contributed by atoms with Gasteiger partial charge in [-0.3, -0.25) is 0 Å². The van der Waals surface area contributed by atoms with E-state index in [0.717, 1.165) is 6.07 Å². The van der Waals surface area contributed by atoms with Gasteiger partial charge in [0, 0.05) is 5.56 Å². The van der Waals surface area contributed by atoms with Gasteiger partial charge >= 0.3 is 12.1 Å². The third-order valence-electron chi connectivity index (χ3n) is 2.62. The predicted octanol–water partition coefficient (Wildman–Crippen LogP) is 3.46. The standard InChI is InChI=1S/C12H8ClF4N3O2/c1-2-22-11(21)10-9(18-20-19-10)5-3-6(12(15,16)17)8(13)7(14)4-5/h3-4H,2H2,1H3,(H,18,19,20). The molecule has 2 aromatic rings. The molecule has 0 unspecified atom stereocenters. The molecule has 0 aliphatic rings. The van der Waals surface area contributed by atoms with Crippen molar-refractivity contribution in [1.82, 2.24) is 15.4 Å². The van der Waals surface area contributed by atoms with Crippen molar-refractivity contribution in [3.8, 4) is 11.3 Å². The predicted molar refractivity (Wildman–Crippen MR) is 67.7 cm³/mol. The average Bonchev–Trinajstić information content (AvgIpc) is 2.90. The lowest BCUT2D eigenvalue weighted by Gasteiger charge is -2.11. The number of benzene rings is 1. The summed E-state index contributed by atoms with van der Waals surface area (Å²) in [6.07, 6.45) is -4.86. The van der Waals surface area contributed by atoms with Crippen LogP contribution in [0, 0.1) is 5.82 Å². The van der Waals surface area contributed by atoms with E-state index in [1.807, 2.05) is 0 Å². The summed E-state index contributed by atoms with van der Waals surface area (Å²) in [6, 6.07) is 1.32. The Balaban J connectivity index is 2.58. The van der Waals surface area contributed by atoms with Gasteiger partial charge in [0.2, 0.25) is 0 Å². The van der Waals surface area contributed by atoms with Gasteiger partial charge in [0.25, 0.3) is 0 Å². The van der Waals surface area contributed by atoms with Gasteiger partial charge in [0.05, 0.1) is 17.2 Å². The third kappa shape index (κ3) is 3.03. The fourth-order valence-corrected chi connectivity index (χ4v) is 1.92. The highest BCUT2D eigenvalue weighted by Gasteiger charge is 2.35. The topological polar surface area (TPSA) is 67.9 Å². The van der Waals surface area contributed by atoms with E-state index in [2.05, 4.69) is 15.4 Å². The number of alkyl halides is 3. The summed E-state index contributed by atoms with van der Waals surface area (Å²) in [7, 11) is 0. The minimum Gasteiger partial charge on any atom is -0.461 e. The Bertz CT molecular complexity index is 715. The maximum atomic E-state index is 13.6. The Morgan fingerprint density at radius 3 is 2.64 bits per heavy atom. The van der Waals surface area contributed by atoms with Gasteiger partial charge < -0.3 is 4.74 Å². The fraction of sp³-hybridized carbons (Fsp3) is 0.250. The molecule has 1 N–H and O–H groups in total. The highest BCUT2D eigenvalue weighted by Crippen LogP contribution is 2.38. The molecule has 1 heterocycles. The first kappa shape index (κ1) is 16.2. The Hall–Kier alpha value is -2.16. The number of carbonyl (C=O) groups is 1. The van der Waals surface area contributed by atoms with E-state index >= 15 is 0 Å². The number of aromatic nitrogens is 3. The molecular formula is C12H8ClF4N3O2. The molecule has 22 heavy (non-hydrogen) atoms. The van der Waals surface area contributed by atoms with Gasteiger partial charge in [-0.15, -0.1) is 5.10 Å². The largest absolute Gasteiger partial charge is 0.461 e. The van der Waals surface area contributed by atoms with Crippen molar-refractivity contribution in [3.05, 3.63) is 34.2 Å². The molecule has 0 saturated heterocycles. The first-order valence-corrected chi connectivity index (χ1v) is 6.28. The zero-order valence-corrected chi connectivity index (χ0v) is 11.7. The number of nitrogens with zero attached hydrogens (tertiary/aromatic N) is 2. The Morgan fingerprint density at radius 2 is 2.05 bits per heavy atom. The Morgan fingerprint density at radius 1 is 1.36 bits per heavy atom. The summed E-state index contributed by atoms with van der Waals surface area (Å²) in [4.78, 5) is 11.6. The minimum absolute atomic E-state index is 0.0356. The molecule has 2 rings (SSSR count). The molecule has 0 bridgehead atoms. The summed E-state index contributed by atoms with van der Waals surface area (Å²) < 4.78 is 56.9. The second kappa shape index (κ2) is 5.91. The van der Waals surface area contributed by atoms with E-state index in [0.29, 0.717) is 6.07 Å². The smallest absolute Gasteiger partial charge is 0.417 e. The third-order valence-corrected chi connectivity index (χ3v) is 3.01. The van der Waals surface area contributed by atoms with Crippen molar-refractivity contribution in [2.45, 2.75) is 13.1 Å². The molecule has 0 spiro atoms. The highest BCUT2D eigenvalue weighted by atomic mass is 35.5. The van der Waals surface area contributed by atoms with Crippen molar-refractivity contribution < 1.29 is 27.1 Å². The highest BCUT2D eigenvalue weighted by molar-refractivity contribution is 6.31. The molecule has 118 valence electrons. The first-order valence-electron chi connectivity index (χ1n) is 5.90. The molecule has 1 aromatic heterocycles. The maximum Gasteiger partial charge on any atom is 0.417 e. The van der Waals surface area contributed by atoms with Crippen molar-refractivity contribution in [2.24, 2.45) is 0 Å². The lowest BCUT2D eigenvalue weighted by molar-refractivity contribution is -0.137. The van der Waals surface area contributed by atoms with Crippen LogP contribution in [0.15, 0.2) is 12.1 Å². The summed E-state index contributed by atoms with van der Waals surface area (Å²) in [6.45, 7) is 1.58. The van der Waals surface area contributed by atoms with Gasteiger partial charge in [-0.05, 0) is 19.1 Å². The molecule has 0 atom stereocenters. The van der Waals surface area contributed by atoms with Gasteiger partial charge in [-0.25, -0.2) is 9.18 Å². The number of halogens is 5. The van der Waals surface area contributed by atoms with Crippen molar-refractivity contribution in [3.63, 3.8) is 0 Å². The van der Waals surface area contributed by atoms with E-state index in [1.54, 1.807) is 6.92 Å². The molecule has 5 nitrogen and oxygen atoms in total. The number of esters is 1. The van der Waals surface area contributed by atoms with E-state index in [1.165, 1.54) is 0 Å². The molecule has 0 fully saturated rings. The van der Waals surface area contributed by atoms with E-state index in [9.17, 15) is 22.4 Å². The molecule has 1 aromatic carbocycles. The van der Waals surface area contributed by atoms with E-state index < -0.39 is 28.5 Å². The fourth-order valence-electron chi connectivity index (χ4n) is 1.71. The van der Waals surface area contributed by atoms with Crippen molar-refractivity contribution in [2.75, 3.05) is 6.61 Å². The Kier molecular flexibility index (Phi) is 4.36. The number of carbonyl (C=O) groups excluding carboxylic acids is 1. The Labute approximate surface area is 126 Å². The lowest BCUT2D eigenvalue weighted by Crippen LogP contribution is -2.09. The zero-order valence-electron chi connectivity index (χ0n) is 11.0. The summed E-state index contributed by atoms with van der Waals surface area (Å²) in [5.41, 5.74) is -2.29. The molecule has 10 heteroatoms. The van der Waals surface area contributed by atoms with Crippen LogP contribution in [0.4, 0.5) is 17.6 Å². The van der Waals surface area contributed by atoms with Crippen LogP contribution in [0.3, 0.4) is 0 Å². The number of hydrogen-bond donors (Lipinski definition) is 1. The second-order valence-electron chi connectivity index (χ2n) is 4.06. The second-order valence-corrected chi connectivity index (χ2v) is 4.44. The van der Waals surface area contributed by atoms with Crippen LogP contribution in [0.1, 0.15) is 23.0 Å². The van der Waals surface area contributed by atoms with Gasteiger partial charge in [-0.2, -0.15) is 23.5 Å². The molecular weight excluding hydrogens is 330 g/mol. The number of ether oxygens (including phenoxy) is 1.